The molecule has 0 unspecified atom stereocenters. The Morgan fingerprint density at radius 2 is 1.06 bits per heavy atom. The van der Waals surface area contributed by atoms with Crippen LogP contribution in [0.3, 0.4) is 0 Å². The van der Waals surface area contributed by atoms with Gasteiger partial charge in [-0.1, -0.05) is 121 Å². The van der Waals surface area contributed by atoms with Crippen molar-refractivity contribution in [3.63, 3.8) is 0 Å². The Hall–Kier alpha value is -3.94. The quantitative estimate of drug-likeness (QED) is 0.201. The molecule has 0 heterocycles. The second kappa shape index (κ2) is 8.08. The fourth-order valence-corrected chi connectivity index (χ4v) is 5.56. The van der Waals surface area contributed by atoms with Crippen molar-refractivity contribution in [1.82, 2.24) is 0 Å². The molecule has 7 aromatic rings. The lowest BCUT2D eigenvalue weighted by molar-refractivity contribution is 1.67. The highest BCUT2D eigenvalue weighted by atomic mass is 79.9. The number of fused-ring (bicyclic) bond motifs is 4. The smallest absolute Gasteiger partial charge is 0.0616 e. The predicted octanol–water partition coefficient (Wildman–Crippen LogP) is 10.4. The molecule has 0 amide bonds. The minimum Gasteiger partial charge on any atom is -0.0616 e. The third-order valence-corrected chi connectivity index (χ3v) is 7.35. The van der Waals surface area contributed by atoms with Gasteiger partial charge in [0.05, 0.1) is 9.60 Å². The van der Waals surface area contributed by atoms with Gasteiger partial charge in [0.1, 0.15) is 0 Å². The van der Waals surface area contributed by atoms with Gasteiger partial charge in [-0.15, -0.1) is 0 Å². The monoisotopic (exact) mass is 515 g/mol. The second-order valence-corrected chi connectivity index (χ2v) is 9.29. The molecule has 0 aliphatic rings. The molecule has 0 bridgehead atoms. The van der Waals surface area contributed by atoms with Crippen molar-refractivity contribution in [2.24, 2.45) is 0 Å². The summed E-state index contributed by atoms with van der Waals surface area (Å²) in [7, 11) is 0. The van der Waals surface area contributed by atoms with Crippen LogP contribution in [0.15, 0.2) is 132 Å². The lowest BCUT2D eigenvalue weighted by Crippen LogP contribution is -1.90. The topological polar surface area (TPSA) is 0 Å². The molecule has 0 saturated heterocycles. The van der Waals surface area contributed by atoms with Gasteiger partial charge < -0.3 is 0 Å². The van der Waals surface area contributed by atoms with Crippen molar-refractivity contribution in [3.05, 3.63) is 132 Å². The number of hydrogen-bond acceptors (Lipinski definition) is 0. The van der Waals surface area contributed by atoms with Gasteiger partial charge in [0.15, 0.2) is 0 Å². The molecule has 0 spiro atoms. The minimum atomic E-state index is -0.382. The van der Waals surface area contributed by atoms with Gasteiger partial charge in [0.25, 0.3) is 0 Å². The first-order valence-electron chi connectivity index (χ1n) is 14.8. The van der Waals surface area contributed by atoms with E-state index in [1.54, 1.807) is 0 Å². The molecule has 0 aliphatic heterocycles. The number of hydrogen-bond donors (Lipinski definition) is 0. The minimum absolute atomic E-state index is 0.0281. The molecule has 0 saturated carbocycles. The summed E-state index contributed by atoms with van der Waals surface area (Å²) in [6.45, 7) is 0. The highest BCUT2D eigenvalue weighted by Gasteiger charge is 2.17. The molecule has 1 heteroatoms. The summed E-state index contributed by atoms with van der Waals surface area (Å²) in [4.78, 5) is 0. The van der Waals surface area contributed by atoms with E-state index in [-0.39, 0.29) is 62.9 Å². The fourth-order valence-electron chi connectivity index (χ4n) is 4.96. The van der Waals surface area contributed by atoms with Gasteiger partial charge in [-0.25, -0.2) is 0 Å². The van der Waals surface area contributed by atoms with Gasteiger partial charge in [-0.3, -0.25) is 0 Å². The largest absolute Gasteiger partial charge is 0.0636 e. The summed E-state index contributed by atoms with van der Waals surface area (Å²) in [5.41, 5.74) is 2.11. The van der Waals surface area contributed by atoms with Gasteiger partial charge in [0.2, 0.25) is 0 Å². The molecule has 0 N–H and O–H groups in total. The van der Waals surface area contributed by atoms with Crippen molar-refractivity contribution >= 4 is 59.0 Å². The first-order valence-corrected chi connectivity index (χ1v) is 12.1. The Bertz CT molecular complexity index is 2280. The molecule has 164 valence electrons. The Kier molecular flexibility index (Phi) is 3.34. The van der Waals surface area contributed by atoms with Crippen molar-refractivity contribution in [3.8, 4) is 22.3 Å². The molecule has 7 rings (SSSR count). The van der Waals surface area contributed by atoms with Crippen LogP contribution in [0.1, 0.15) is 9.60 Å². The van der Waals surface area contributed by atoms with Crippen molar-refractivity contribution in [1.29, 1.82) is 0 Å². The van der Waals surface area contributed by atoms with E-state index >= 15 is 0 Å². The third-order valence-electron chi connectivity index (χ3n) is 6.56. The van der Waals surface area contributed by atoms with Crippen LogP contribution in [-0.4, -0.2) is 0 Å². The second-order valence-electron chi connectivity index (χ2n) is 8.49. The molecular formula is C34H21Br. The first kappa shape index (κ1) is 14.5. The Labute approximate surface area is 222 Å². The zero-order valence-electron chi connectivity index (χ0n) is 25.5. The molecule has 0 atom stereocenters. The number of rotatable bonds is 2. The molecule has 0 nitrogen and oxygen atoms in total. The average Bonchev–Trinajstić information content (AvgIpc) is 3.01. The predicted molar refractivity (Wildman–Crippen MR) is 155 cm³/mol. The summed E-state index contributed by atoms with van der Waals surface area (Å²) in [6, 6.07) is 25.5. The van der Waals surface area contributed by atoms with Crippen LogP contribution < -0.4 is 0 Å². The molecule has 0 radical (unpaired) electrons. The average molecular weight is 516 g/mol. The van der Waals surface area contributed by atoms with E-state index in [2.05, 4.69) is 15.9 Å². The zero-order chi connectivity index (χ0) is 29.4. The number of benzene rings is 7. The summed E-state index contributed by atoms with van der Waals surface area (Å²) < 4.78 is 63.1. The maximum absolute atomic E-state index is 9.66. The van der Waals surface area contributed by atoms with Gasteiger partial charge in [-0.05, 0) is 87.3 Å². The lowest BCUT2D eigenvalue weighted by Gasteiger charge is -2.17. The van der Waals surface area contributed by atoms with Crippen LogP contribution >= 0.6 is 15.9 Å². The number of halogens is 1. The van der Waals surface area contributed by atoms with Gasteiger partial charge in [0, 0.05) is 4.47 Å². The van der Waals surface area contributed by atoms with Gasteiger partial charge >= 0.3 is 0 Å². The molecule has 0 aromatic heterocycles. The van der Waals surface area contributed by atoms with Crippen LogP contribution in [-0.2, 0) is 0 Å². The van der Waals surface area contributed by atoms with E-state index < -0.39 is 0 Å². The highest BCUT2D eigenvalue weighted by Crippen LogP contribution is 2.45. The molecule has 35 heavy (non-hydrogen) atoms. The Morgan fingerprint density at radius 1 is 0.486 bits per heavy atom. The Balaban J connectivity index is 1.81. The standard InChI is InChI=1S/C34H21Br/c35-34-30-16-6-5-15-29(30)33(28-18-8-12-23-10-2-4-14-26(23)28)32-21-24(19-20-31(32)34)27-17-7-11-22-9-1-3-13-25(22)27/h1-21H/i5D,6D,15D,16D,19D,20D,21D. The van der Waals surface area contributed by atoms with E-state index in [9.17, 15) is 2.74 Å². The van der Waals surface area contributed by atoms with Gasteiger partial charge in [-0.2, -0.15) is 0 Å². The van der Waals surface area contributed by atoms with Crippen LogP contribution in [0.4, 0.5) is 0 Å². The van der Waals surface area contributed by atoms with E-state index in [0.29, 0.717) is 27.6 Å². The summed E-state index contributed by atoms with van der Waals surface area (Å²) in [5, 5.41) is 4.72. The maximum Gasteiger partial charge on any atom is 0.0636 e. The van der Waals surface area contributed by atoms with E-state index in [4.69, 9.17) is 6.85 Å². The van der Waals surface area contributed by atoms with Crippen LogP contribution in [0.5, 0.6) is 0 Å². The van der Waals surface area contributed by atoms with E-state index in [0.717, 1.165) is 21.5 Å². The Morgan fingerprint density at radius 3 is 1.80 bits per heavy atom. The van der Waals surface area contributed by atoms with Crippen LogP contribution in [0.2, 0.25) is 0 Å². The summed E-state index contributed by atoms with van der Waals surface area (Å²) >= 11 is 3.59. The van der Waals surface area contributed by atoms with Crippen molar-refractivity contribution < 1.29 is 9.60 Å². The zero-order valence-corrected chi connectivity index (χ0v) is 20.0. The van der Waals surface area contributed by atoms with Crippen molar-refractivity contribution in [2.75, 3.05) is 0 Å². The maximum atomic E-state index is 9.66. The molecular weight excluding hydrogens is 488 g/mol. The SMILES string of the molecule is [2H]c1c([2H])c([2H])c2c(-c3cccc4ccccc34)c3c([2H])c(-c4cccc5ccccc45)c([2H])c([2H])c3c(Br)c2c1[2H]. The first-order chi connectivity index (χ1) is 20.2. The van der Waals surface area contributed by atoms with E-state index in [1.165, 1.54) is 0 Å². The fraction of sp³-hybridized carbons (Fsp3) is 0. The third kappa shape index (κ3) is 3.20. The summed E-state index contributed by atoms with van der Waals surface area (Å²) in [5.74, 6) is 0. The lowest BCUT2D eigenvalue weighted by atomic mass is 9.87. The van der Waals surface area contributed by atoms with Crippen molar-refractivity contribution in [2.45, 2.75) is 0 Å². The van der Waals surface area contributed by atoms with Crippen LogP contribution in [0.25, 0.3) is 65.3 Å². The van der Waals surface area contributed by atoms with E-state index in [1.807, 2.05) is 84.9 Å². The molecule has 7 aromatic carbocycles. The molecule has 0 aliphatic carbocycles. The normalized spacial score (nSPS) is 14.4. The van der Waals surface area contributed by atoms with Crippen LogP contribution in [0, 0.1) is 0 Å². The highest BCUT2D eigenvalue weighted by molar-refractivity contribution is 9.10. The molecule has 0 fully saturated rings. The summed E-state index contributed by atoms with van der Waals surface area (Å²) in [6.07, 6.45) is 0.